The van der Waals surface area contributed by atoms with Crippen LogP contribution in [0.2, 0.25) is 0 Å². The van der Waals surface area contributed by atoms with E-state index in [9.17, 15) is 34.8 Å². The number of halogens is 7. The van der Waals surface area contributed by atoms with E-state index in [0.717, 1.165) is 24.3 Å². The van der Waals surface area contributed by atoms with Crippen LogP contribution in [0.25, 0.3) is 0 Å². The van der Waals surface area contributed by atoms with E-state index in [1.165, 1.54) is 6.07 Å². The zero-order valence-electron chi connectivity index (χ0n) is 8.67. The van der Waals surface area contributed by atoms with Gasteiger partial charge >= 0.3 is 111 Å². The first-order valence-electron chi connectivity index (χ1n) is 4.28. The molecule has 1 rings (SSSR count). The van der Waals surface area contributed by atoms with Crippen molar-refractivity contribution in [3.63, 3.8) is 0 Å². The maximum atomic E-state index is 12.6. The Bertz CT molecular complexity index is 524. The van der Waals surface area contributed by atoms with E-state index in [4.69, 9.17) is 0 Å². The molecule has 0 bridgehead atoms. The molecule has 0 radical (unpaired) electrons. The molecule has 3 nitrogen and oxygen atoms in total. The molecule has 0 aliphatic carbocycles. The molecular formula is C8H5F6IO3S. The standard InChI is InChI=1S/C8H5F6IO3S/c9-7(10,11)15(6-4-2-1-3-5-6)18-19(16,17)8(12,13)14/h1-5H. The summed E-state index contributed by atoms with van der Waals surface area (Å²) < 4.78 is 93.1. The fourth-order valence-electron chi connectivity index (χ4n) is 0.844. The summed E-state index contributed by atoms with van der Waals surface area (Å²) in [7, 11) is -6.28. The third-order valence-electron chi connectivity index (χ3n) is 1.56. The first-order chi connectivity index (χ1) is 8.45. The summed E-state index contributed by atoms with van der Waals surface area (Å²) >= 11 is -5.02. The van der Waals surface area contributed by atoms with Crippen molar-refractivity contribution in [2.75, 3.05) is 0 Å². The third kappa shape index (κ3) is 4.21. The molecule has 0 aromatic heterocycles. The quantitative estimate of drug-likeness (QED) is 0.323. The summed E-state index contributed by atoms with van der Waals surface area (Å²) in [6, 6.07) is 5.39. The molecule has 1 aromatic rings. The average molecular weight is 422 g/mol. The molecule has 0 saturated carbocycles. The fraction of sp³-hybridized carbons (Fsp3) is 0.250. The van der Waals surface area contributed by atoms with Crippen molar-refractivity contribution in [2.45, 2.75) is 9.69 Å². The Balaban J connectivity index is 3.17. The molecule has 0 spiro atoms. The maximum absolute atomic E-state index is 12.6. The Morgan fingerprint density at radius 3 is 1.79 bits per heavy atom. The molecule has 0 atom stereocenters. The zero-order chi connectivity index (χ0) is 14.9. The number of benzene rings is 1. The summed E-state index contributed by atoms with van der Waals surface area (Å²) in [5.41, 5.74) is -5.89. The van der Waals surface area contributed by atoms with E-state index >= 15 is 0 Å². The average Bonchev–Trinajstić information content (AvgIpc) is 2.24. The van der Waals surface area contributed by atoms with Gasteiger partial charge in [0.1, 0.15) is 0 Å². The molecule has 0 N–H and O–H groups in total. The summed E-state index contributed by atoms with van der Waals surface area (Å²) in [6.45, 7) is 0. The summed E-state index contributed by atoms with van der Waals surface area (Å²) in [6.07, 6.45) is 0. The summed E-state index contributed by atoms with van der Waals surface area (Å²) in [4.78, 5) is 0. The Kier molecular flexibility index (Phi) is 4.72. The fourth-order valence-corrected chi connectivity index (χ4v) is 6.27. The monoisotopic (exact) mass is 422 g/mol. The van der Waals surface area contributed by atoms with E-state index in [2.05, 4.69) is 2.51 Å². The molecule has 0 amide bonds. The van der Waals surface area contributed by atoms with Crippen LogP contribution in [0, 0.1) is 3.57 Å². The van der Waals surface area contributed by atoms with Crippen molar-refractivity contribution in [3.05, 3.63) is 33.9 Å². The van der Waals surface area contributed by atoms with Crippen molar-refractivity contribution in [2.24, 2.45) is 0 Å². The second-order valence-electron chi connectivity index (χ2n) is 2.94. The second-order valence-corrected chi connectivity index (χ2v) is 9.40. The van der Waals surface area contributed by atoms with Crippen molar-refractivity contribution in [1.29, 1.82) is 0 Å². The van der Waals surface area contributed by atoms with Gasteiger partial charge in [-0.05, 0) is 0 Å². The van der Waals surface area contributed by atoms with Crippen molar-refractivity contribution in [3.8, 4) is 0 Å². The SMILES string of the molecule is O=S(=O)(OI(c1ccccc1)C(F)(F)F)C(F)(F)F. The van der Waals surface area contributed by atoms with Gasteiger partial charge in [0, 0.05) is 0 Å². The Labute approximate surface area is 111 Å². The van der Waals surface area contributed by atoms with Crippen LogP contribution in [0.4, 0.5) is 26.3 Å². The Hall–Kier alpha value is -0.560. The number of rotatable bonds is 3. The Morgan fingerprint density at radius 2 is 1.42 bits per heavy atom. The molecule has 1 aromatic carbocycles. The van der Waals surface area contributed by atoms with Gasteiger partial charge in [-0.1, -0.05) is 0 Å². The normalized spacial score (nSPS) is 14.3. The predicted octanol–water partition coefficient (Wildman–Crippen LogP) is 3.66. The number of hydrogen-bond donors (Lipinski definition) is 0. The minimum absolute atomic E-state index is 0.591. The van der Waals surface area contributed by atoms with Gasteiger partial charge in [-0.15, -0.1) is 0 Å². The van der Waals surface area contributed by atoms with Crippen molar-refractivity contribution in [1.82, 2.24) is 0 Å². The van der Waals surface area contributed by atoms with E-state index < -0.39 is 43.6 Å². The molecular weight excluding hydrogens is 417 g/mol. The van der Waals surface area contributed by atoms with Crippen LogP contribution in [-0.2, 0) is 12.6 Å². The number of hydrogen-bond acceptors (Lipinski definition) is 3. The van der Waals surface area contributed by atoms with Gasteiger partial charge < -0.3 is 0 Å². The van der Waals surface area contributed by atoms with Gasteiger partial charge in [-0.2, -0.15) is 0 Å². The molecule has 19 heavy (non-hydrogen) atoms. The van der Waals surface area contributed by atoms with Crippen molar-refractivity contribution >= 4 is 30.4 Å². The van der Waals surface area contributed by atoms with Gasteiger partial charge in [0.2, 0.25) is 0 Å². The van der Waals surface area contributed by atoms with Gasteiger partial charge in [-0.3, -0.25) is 0 Å². The third-order valence-corrected chi connectivity index (χ3v) is 7.87. The van der Waals surface area contributed by atoms with E-state index in [1.54, 1.807) is 0 Å². The second kappa shape index (κ2) is 5.44. The van der Waals surface area contributed by atoms with Crippen LogP contribution in [0.15, 0.2) is 30.3 Å². The summed E-state index contributed by atoms with van der Waals surface area (Å²) in [5, 5.41) is 0. The molecule has 0 aliphatic rings. The van der Waals surface area contributed by atoms with E-state index in [0.29, 0.717) is 0 Å². The van der Waals surface area contributed by atoms with Gasteiger partial charge in [0.25, 0.3) is 0 Å². The first-order valence-corrected chi connectivity index (χ1v) is 8.73. The molecule has 0 heterocycles. The van der Waals surface area contributed by atoms with Crippen LogP contribution in [0.5, 0.6) is 0 Å². The summed E-state index contributed by atoms with van der Waals surface area (Å²) in [5.74, 6) is 0. The molecule has 0 saturated heterocycles. The van der Waals surface area contributed by atoms with Gasteiger partial charge in [-0.25, -0.2) is 0 Å². The predicted molar refractivity (Wildman–Crippen MR) is 61.3 cm³/mol. The topological polar surface area (TPSA) is 43.4 Å². The van der Waals surface area contributed by atoms with Gasteiger partial charge in [0.15, 0.2) is 0 Å². The minimum atomic E-state index is -6.28. The molecule has 0 aliphatic heterocycles. The van der Waals surface area contributed by atoms with Crippen molar-refractivity contribution < 1.29 is 37.3 Å². The van der Waals surface area contributed by atoms with E-state index in [1.807, 2.05) is 0 Å². The van der Waals surface area contributed by atoms with Crippen LogP contribution < -0.4 is 0 Å². The molecule has 0 unspecified atom stereocenters. The molecule has 110 valence electrons. The zero-order valence-corrected chi connectivity index (χ0v) is 11.6. The Morgan fingerprint density at radius 1 is 0.947 bits per heavy atom. The number of alkyl halides is 7. The molecule has 11 heteroatoms. The van der Waals surface area contributed by atoms with Crippen LogP contribution >= 0.6 is 20.2 Å². The van der Waals surface area contributed by atoms with E-state index in [-0.39, 0.29) is 0 Å². The van der Waals surface area contributed by atoms with Gasteiger partial charge in [0.05, 0.1) is 0 Å². The van der Waals surface area contributed by atoms with Crippen LogP contribution in [0.3, 0.4) is 0 Å². The first kappa shape index (κ1) is 16.5. The van der Waals surface area contributed by atoms with Crippen LogP contribution in [-0.4, -0.2) is 18.1 Å². The molecule has 0 fully saturated rings. The van der Waals surface area contributed by atoms with Crippen LogP contribution in [0.1, 0.15) is 0 Å².